The molecule has 0 atom stereocenters. The van der Waals surface area contributed by atoms with Gasteiger partial charge in [0, 0.05) is 42.4 Å². The van der Waals surface area contributed by atoms with Crippen LogP contribution in [0.25, 0.3) is 0 Å². The number of nitrogens with zero attached hydrogens (tertiary/aromatic N) is 2. The number of carbonyl (C=O) groups excluding carboxylic acids is 1. The first-order valence-corrected chi connectivity index (χ1v) is 8.42. The maximum atomic E-state index is 12.3. The Labute approximate surface area is 135 Å². The minimum atomic E-state index is 0.233. The van der Waals surface area contributed by atoms with Crippen LogP contribution in [0.15, 0.2) is 35.7 Å². The van der Waals surface area contributed by atoms with Gasteiger partial charge in [0.1, 0.15) is 0 Å². The number of piperazine rings is 1. The molecule has 0 aliphatic carbocycles. The monoisotopic (exact) mass is 315 g/mol. The molecule has 1 aliphatic rings. The van der Waals surface area contributed by atoms with Crippen molar-refractivity contribution < 1.29 is 4.79 Å². The van der Waals surface area contributed by atoms with Gasteiger partial charge >= 0.3 is 0 Å². The molecule has 1 aliphatic heterocycles. The van der Waals surface area contributed by atoms with E-state index in [1.54, 1.807) is 11.3 Å². The molecule has 0 saturated carbocycles. The number of nitrogen functional groups attached to an aromatic ring is 1. The summed E-state index contributed by atoms with van der Waals surface area (Å²) in [7, 11) is 0. The summed E-state index contributed by atoms with van der Waals surface area (Å²) in [5.41, 5.74) is 9.02. The predicted octanol–water partition coefficient (Wildman–Crippen LogP) is 2.53. The summed E-state index contributed by atoms with van der Waals surface area (Å²) in [5, 5.41) is 2.02. The fraction of sp³-hybridized carbons (Fsp3) is 0.353. The summed E-state index contributed by atoms with van der Waals surface area (Å²) < 4.78 is 0. The zero-order valence-corrected chi connectivity index (χ0v) is 13.6. The van der Waals surface area contributed by atoms with Gasteiger partial charge in [-0.05, 0) is 42.1 Å². The molecule has 1 fully saturated rings. The average molecular weight is 315 g/mol. The Hall–Kier alpha value is -2.01. The standard InChI is InChI=1S/C17H21N3OS/c1-13-11-14(18)4-5-16(13)19-6-8-20(9-7-19)17(21)12-15-3-2-10-22-15/h2-5,10-11H,6-9,12,18H2,1H3. The van der Waals surface area contributed by atoms with Crippen molar-refractivity contribution in [3.8, 4) is 0 Å². The molecule has 1 aromatic heterocycles. The fourth-order valence-electron chi connectivity index (χ4n) is 2.90. The molecule has 1 amide bonds. The van der Waals surface area contributed by atoms with E-state index in [0.717, 1.165) is 36.7 Å². The molecule has 1 saturated heterocycles. The van der Waals surface area contributed by atoms with E-state index >= 15 is 0 Å². The van der Waals surface area contributed by atoms with Crippen molar-refractivity contribution in [1.82, 2.24) is 4.90 Å². The fourth-order valence-corrected chi connectivity index (χ4v) is 3.60. The summed E-state index contributed by atoms with van der Waals surface area (Å²) in [5.74, 6) is 0.233. The molecule has 5 heteroatoms. The highest BCUT2D eigenvalue weighted by Gasteiger charge is 2.22. The van der Waals surface area contributed by atoms with Crippen LogP contribution < -0.4 is 10.6 Å². The van der Waals surface area contributed by atoms with E-state index in [1.807, 2.05) is 34.5 Å². The Morgan fingerprint density at radius 3 is 2.64 bits per heavy atom. The lowest BCUT2D eigenvalue weighted by Gasteiger charge is -2.37. The number of aryl methyl sites for hydroxylation is 1. The van der Waals surface area contributed by atoms with E-state index in [1.165, 1.54) is 11.3 Å². The van der Waals surface area contributed by atoms with Crippen molar-refractivity contribution in [3.05, 3.63) is 46.2 Å². The van der Waals surface area contributed by atoms with Gasteiger partial charge in [-0.2, -0.15) is 0 Å². The highest BCUT2D eigenvalue weighted by atomic mass is 32.1. The summed E-state index contributed by atoms with van der Waals surface area (Å²) >= 11 is 1.65. The number of rotatable bonds is 3. The van der Waals surface area contributed by atoms with Gasteiger partial charge in [0.2, 0.25) is 5.91 Å². The van der Waals surface area contributed by atoms with Gasteiger partial charge in [-0.15, -0.1) is 11.3 Å². The second-order valence-electron chi connectivity index (χ2n) is 5.67. The van der Waals surface area contributed by atoms with Gasteiger partial charge < -0.3 is 15.5 Å². The first kappa shape index (κ1) is 14.9. The van der Waals surface area contributed by atoms with Gasteiger partial charge in [-0.1, -0.05) is 6.07 Å². The summed E-state index contributed by atoms with van der Waals surface area (Å²) in [6, 6.07) is 10.0. The van der Waals surface area contributed by atoms with Crippen LogP contribution in [0.5, 0.6) is 0 Å². The second-order valence-corrected chi connectivity index (χ2v) is 6.70. The number of benzene rings is 1. The quantitative estimate of drug-likeness (QED) is 0.886. The molecule has 2 aromatic rings. The number of hydrogen-bond acceptors (Lipinski definition) is 4. The van der Waals surface area contributed by atoms with Crippen LogP contribution in [0.3, 0.4) is 0 Å². The Bertz CT molecular complexity index is 646. The number of carbonyl (C=O) groups is 1. The molecule has 1 aromatic carbocycles. The lowest BCUT2D eigenvalue weighted by Crippen LogP contribution is -2.49. The molecule has 22 heavy (non-hydrogen) atoms. The number of hydrogen-bond donors (Lipinski definition) is 1. The Morgan fingerprint density at radius 1 is 1.23 bits per heavy atom. The molecule has 116 valence electrons. The van der Waals surface area contributed by atoms with E-state index in [4.69, 9.17) is 5.73 Å². The average Bonchev–Trinajstić information content (AvgIpc) is 3.00. The van der Waals surface area contributed by atoms with Crippen LogP contribution in [0.4, 0.5) is 11.4 Å². The molecule has 2 N–H and O–H groups in total. The van der Waals surface area contributed by atoms with Crippen LogP contribution >= 0.6 is 11.3 Å². The SMILES string of the molecule is Cc1cc(N)ccc1N1CCN(C(=O)Cc2cccs2)CC1. The zero-order chi connectivity index (χ0) is 15.5. The second kappa shape index (κ2) is 6.40. The van der Waals surface area contributed by atoms with Gasteiger partial charge in [0.15, 0.2) is 0 Å². The van der Waals surface area contributed by atoms with E-state index in [2.05, 4.69) is 17.9 Å². The first-order valence-electron chi connectivity index (χ1n) is 7.55. The van der Waals surface area contributed by atoms with Crippen molar-refractivity contribution in [2.75, 3.05) is 36.8 Å². The molecule has 0 unspecified atom stereocenters. The Balaban J connectivity index is 1.59. The third-order valence-electron chi connectivity index (χ3n) is 4.10. The van der Waals surface area contributed by atoms with Crippen molar-refractivity contribution in [2.24, 2.45) is 0 Å². The third-order valence-corrected chi connectivity index (χ3v) is 4.98. The Morgan fingerprint density at radius 2 is 2.00 bits per heavy atom. The molecule has 0 spiro atoms. The van der Waals surface area contributed by atoms with Crippen LogP contribution in [0.1, 0.15) is 10.4 Å². The van der Waals surface area contributed by atoms with Gasteiger partial charge in [0.25, 0.3) is 0 Å². The van der Waals surface area contributed by atoms with E-state index in [0.29, 0.717) is 6.42 Å². The smallest absolute Gasteiger partial charge is 0.227 e. The van der Waals surface area contributed by atoms with Crippen LogP contribution in [-0.4, -0.2) is 37.0 Å². The van der Waals surface area contributed by atoms with Crippen molar-refractivity contribution >= 4 is 28.6 Å². The molecule has 3 rings (SSSR count). The predicted molar refractivity (Wildman–Crippen MR) is 92.4 cm³/mol. The number of anilines is 2. The molecular weight excluding hydrogens is 294 g/mol. The van der Waals surface area contributed by atoms with E-state index in [9.17, 15) is 4.79 Å². The summed E-state index contributed by atoms with van der Waals surface area (Å²) in [6.45, 7) is 5.41. The lowest BCUT2D eigenvalue weighted by atomic mass is 10.1. The van der Waals surface area contributed by atoms with Gasteiger partial charge in [-0.3, -0.25) is 4.79 Å². The van der Waals surface area contributed by atoms with Crippen LogP contribution in [-0.2, 0) is 11.2 Å². The number of thiophene rings is 1. The first-order chi connectivity index (χ1) is 10.6. The van der Waals surface area contributed by atoms with E-state index in [-0.39, 0.29) is 5.91 Å². The molecular formula is C17H21N3OS. The highest BCUT2D eigenvalue weighted by Crippen LogP contribution is 2.23. The van der Waals surface area contributed by atoms with Crippen LogP contribution in [0.2, 0.25) is 0 Å². The molecule has 0 radical (unpaired) electrons. The van der Waals surface area contributed by atoms with Crippen LogP contribution in [0, 0.1) is 6.92 Å². The molecule has 0 bridgehead atoms. The normalized spacial score (nSPS) is 15.1. The maximum Gasteiger partial charge on any atom is 0.227 e. The van der Waals surface area contributed by atoms with Gasteiger partial charge in [0.05, 0.1) is 6.42 Å². The third kappa shape index (κ3) is 3.25. The van der Waals surface area contributed by atoms with E-state index < -0.39 is 0 Å². The Kier molecular flexibility index (Phi) is 4.34. The highest BCUT2D eigenvalue weighted by molar-refractivity contribution is 7.10. The molecule has 2 heterocycles. The lowest BCUT2D eigenvalue weighted by molar-refractivity contribution is -0.130. The summed E-state index contributed by atoms with van der Waals surface area (Å²) in [4.78, 5) is 17.8. The largest absolute Gasteiger partial charge is 0.399 e. The number of nitrogens with two attached hydrogens (primary N) is 1. The minimum absolute atomic E-state index is 0.233. The van der Waals surface area contributed by atoms with Gasteiger partial charge in [-0.25, -0.2) is 0 Å². The maximum absolute atomic E-state index is 12.3. The van der Waals surface area contributed by atoms with Crippen molar-refractivity contribution in [1.29, 1.82) is 0 Å². The topological polar surface area (TPSA) is 49.6 Å². The molecule has 4 nitrogen and oxygen atoms in total. The van der Waals surface area contributed by atoms with Crippen molar-refractivity contribution in [2.45, 2.75) is 13.3 Å². The minimum Gasteiger partial charge on any atom is -0.399 e. The zero-order valence-electron chi connectivity index (χ0n) is 12.8. The van der Waals surface area contributed by atoms with Crippen molar-refractivity contribution in [3.63, 3.8) is 0 Å². The summed E-state index contributed by atoms with van der Waals surface area (Å²) in [6.07, 6.45) is 0.526. The number of amides is 1.